The zero-order chi connectivity index (χ0) is 40.3. The molecule has 0 aromatic heterocycles. The maximum absolute atomic E-state index is 13.1. The van der Waals surface area contributed by atoms with Gasteiger partial charge in [-0.15, -0.1) is 0 Å². The van der Waals surface area contributed by atoms with Crippen molar-refractivity contribution in [3.05, 3.63) is 36.5 Å². The minimum atomic E-state index is -0.789. The Morgan fingerprint density at radius 3 is 1.44 bits per heavy atom. The molecule has 3 N–H and O–H groups in total. The Morgan fingerprint density at radius 1 is 0.527 bits per heavy atom. The smallest absolute Gasteiger partial charge is 0.306 e. The van der Waals surface area contributed by atoms with E-state index in [1.807, 2.05) is 0 Å². The molecule has 0 bridgehead atoms. The van der Waals surface area contributed by atoms with Gasteiger partial charge in [0.25, 0.3) is 0 Å². The highest BCUT2D eigenvalue weighted by Gasteiger charge is 2.24. The topological polar surface area (TPSA) is 95.9 Å². The number of nitrogens with one attached hydrogen (secondary N) is 1. The van der Waals surface area contributed by atoms with Crippen molar-refractivity contribution in [1.82, 2.24) is 5.32 Å². The zero-order valence-corrected chi connectivity index (χ0v) is 36.6. The molecule has 55 heavy (non-hydrogen) atoms. The van der Waals surface area contributed by atoms with E-state index < -0.39 is 18.2 Å². The quantitative estimate of drug-likeness (QED) is 0.0326. The van der Waals surface area contributed by atoms with Crippen LogP contribution >= 0.6 is 0 Å². The van der Waals surface area contributed by atoms with Crippen LogP contribution in [0.2, 0.25) is 0 Å². The molecule has 0 saturated carbocycles. The highest BCUT2D eigenvalue weighted by molar-refractivity contribution is 5.77. The van der Waals surface area contributed by atoms with Gasteiger partial charge in [-0.25, -0.2) is 0 Å². The SMILES string of the molecule is CCCCC/C=C\C/C=C\CCCCCCCC(CC(=O)NC(CO)C(O)CCCCCCCCCCC)OC(=O)CCCCCCC/C=C\CCCCC. The van der Waals surface area contributed by atoms with Crippen LogP contribution < -0.4 is 5.32 Å². The van der Waals surface area contributed by atoms with Crippen molar-refractivity contribution in [1.29, 1.82) is 0 Å². The van der Waals surface area contributed by atoms with Crippen LogP contribution in [0, 0.1) is 0 Å². The monoisotopic (exact) mass is 774 g/mol. The normalized spacial score (nSPS) is 13.6. The lowest BCUT2D eigenvalue weighted by molar-refractivity contribution is -0.151. The number of hydrogen-bond donors (Lipinski definition) is 3. The van der Waals surface area contributed by atoms with Gasteiger partial charge in [-0.1, -0.05) is 179 Å². The van der Waals surface area contributed by atoms with Gasteiger partial charge in [-0.3, -0.25) is 9.59 Å². The molecule has 6 heteroatoms. The first kappa shape index (κ1) is 53.1. The molecular weight excluding hydrogens is 683 g/mol. The number of aliphatic hydroxyl groups excluding tert-OH is 2. The van der Waals surface area contributed by atoms with E-state index in [-0.39, 0.29) is 24.9 Å². The highest BCUT2D eigenvalue weighted by atomic mass is 16.5. The van der Waals surface area contributed by atoms with E-state index in [1.165, 1.54) is 116 Å². The van der Waals surface area contributed by atoms with Crippen LogP contribution in [0.1, 0.15) is 239 Å². The highest BCUT2D eigenvalue weighted by Crippen LogP contribution is 2.17. The van der Waals surface area contributed by atoms with Gasteiger partial charge in [-0.05, 0) is 83.5 Å². The summed E-state index contributed by atoms with van der Waals surface area (Å²) in [5, 5.41) is 23.6. The molecule has 0 aromatic carbocycles. The summed E-state index contributed by atoms with van der Waals surface area (Å²) < 4.78 is 5.90. The first-order valence-corrected chi connectivity index (χ1v) is 23.7. The average Bonchev–Trinajstić information content (AvgIpc) is 3.18. The molecule has 0 heterocycles. The van der Waals surface area contributed by atoms with Crippen molar-refractivity contribution in [2.75, 3.05) is 6.61 Å². The molecule has 1 amide bonds. The van der Waals surface area contributed by atoms with Gasteiger partial charge in [-0.2, -0.15) is 0 Å². The summed E-state index contributed by atoms with van der Waals surface area (Å²) in [6, 6.07) is -0.703. The Hall–Kier alpha value is -1.92. The summed E-state index contributed by atoms with van der Waals surface area (Å²) in [4.78, 5) is 26.0. The molecule has 3 unspecified atom stereocenters. The minimum Gasteiger partial charge on any atom is -0.462 e. The van der Waals surface area contributed by atoms with Gasteiger partial charge in [0.2, 0.25) is 5.91 Å². The Balaban J connectivity index is 4.64. The van der Waals surface area contributed by atoms with Crippen LogP contribution in [0.5, 0.6) is 0 Å². The second-order valence-corrected chi connectivity index (χ2v) is 16.2. The molecule has 0 saturated heterocycles. The molecule has 0 rings (SSSR count). The molecule has 0 aliphatic rings. The minimum absolute atomic E-state index is 0.0663. The maximum atomic E-state index is 13.1. The average molecular weight is 774 g/mol. The van der Waals surface area contributed by atoms with Crippen molar-refractivity contribution in [3.8, 4) is 0 Å². The van der Waals surface area contributed by atoms with Crippen LogP contribution in [0.15, 0.2) is 36.5 Å². The number of rotatable bonds is 42. The number of aliphatic hydroxyl groups is 2. The van der Waals surface area contributed by atoms with Crippen molar-refractivity contribution in [2.24, 2.45) is 0 Å². The standard InChI is InChI=1S/C49H91NO5/c1-4-7-10-13-16-19-21-23-24-25-26-29-31-34-37-40-45(55-49(54)42-39-36-33-30-27-22-20-17-14-11-8-5-2)43-48(53)50-46(44-51)47(52)41-38-35-32-28-18-15-12-9-6-3/h16-17,19-20,23-24,45-47,51-52H,4-15,18,21-22,25-44H2,1-3H3,(H,50,53)/b19-16-,20-17-,24-23-. The summed E-state index contributed by atoms with van der Waals surface area (Å²) >= 11 is 0. The zero-order valence-electron chi connectivity index (χ0n) is 36.6. The third kappa shape index (κ3) is 38.7. The third-order valence-electron chi connectivity index (χ3n) is 10.7. The predicted molar refractivity (Wildman–Crippen MR) is 236 cm³/mol. The van der Waals surface area contributed by atoms with E-state index in [4.69, 9.17) is 4.74 Å². The first-order chi connectivity index (χ1) is 27.0. The summed E-state index contributed by atoms with van der Waals surface area (Å²) in [7, 11) is 0. The fourth-order valence-electron chi connectivity index (χ4n) is 7.04. The van der Waals surface area contributed by atoms with E-state index in [1.54, 1.807) is 0 Å². The molecule has 0 aliphatic carbocycles. The number of ether oxygens (including phenoxy) is 1. The van der Waals surface area contributed by atoms with Crippen LogP contribution in [0.25, 0.3) is 0 Å². The van der Waals surface area contributed by atoms with Gasteiger partial charge >= 0.3 is 5.97 Å². The predicted octanol–water partition coefficient (Wildman–Crippen LogP) is 13.7. The van der Waals surface area contributed by atoms with Gasteiger partial charge < -0.3 is 20.3 Å². The van der Waals surface area contributed by atoms with Crippen molar-refractivity contribution >= 4 is 11.9 Å². The van der Waals surface area contributed by atoms with E-state index in [9.17, 15) is 19.8 Å². The van der Waals surface area contributed by atoms with E-state index >= 15 is 0 Å². The number of unbranched alkanes of at least 4 members (excludes halogenated alkanes) is 24. The van der Waals surface area contributed by atoms with Gasteiger partial charge in [0.05, 0.1) is 25.2 Å². The lowest BCUT2D eigenvalue weighted by atomic mass is 10.0. The molecule has 322 valence electrons. The van der Waals surface area contributed by atoms with E-state index in [2.05, 4.69) is 62.5 Å². The summed E-state index contributed by atoms with van der Waals surface area (Å²) in [5.41, 5.74) is 0. The van der Waals surface area contributed by atoms with Gasteiger partial charge in [0, 0.05) is 6.42 Å². The maximum Gasteiger partial charge on any atom is 0.306 e. The summed E-state index contributed by atoms with van der Waals surface area (Å²) in [5.74, 6) is -0.496. The molecular formula is C49H91NO5. The number of esters is 1. The molecule has 0 radical (unpaired) electrons. The van der Waals surface area contributed by atoms with Crippen molar-refractivity contribution in [3.63, 3.8) is 0 Å². The number of hydrogen-bond acceptors (Lipinski definition) is 5. The van der Waals surface area contributed by atoms with Crippen LogP contribution in [-0.4, -0.2) is 46.9 Å². The second kappa shape index (κ2) is 43.2. The lowest BCUT2D eigenvalue weighted by Gasteiger charge is -2.24. The Morgan fingerprint density at radius 2 is 0.927 bits per heavy atom. The fraction of sp³-hybridized carbons (Fsp3) is 0.837. The fourth-order valence-corrected chi connectivity index (χ4v) is 7.04. The van der Waals surface area contributed by atoms with Crippen LogP contribution in [0.3, 0.4) is 0 Å². The van der Waals surface area contributed by atoms with Gasteiger partial charge in [0.1, 0.15) is 6.10 Å². The van der Waals surface area contributed by atoms with Gasteiger partial charge in [0.15, 0.2) is 0 Å². The largest absolute Gasteiger partial charge is 0.462 e. The molecule has 3 atom stereocenters. The lowest BCUT2D eigenvalue weighted by Crippen LogP contribution is -2.46. The summed E-state index contributed by atoms with van der Waals surface area (Å²) in [6.07, 6.45) is 49.1. The number of amides is 1. The van der Waals surface area contributed by atoms with Crippen LogP contribution in [0.4, 0.5) is 0 Å². The first-order valence-electron chi connectivity index (χ1n) is 23.7. The molecule has 6 nitrogen and oxygen atoms in total. The van der Waals surface area contributed by atoms with E-state index in [0.29, 0.717) is 19.3 Å². The van der Waals surface area contributed by atoms with E-state index in [0.717, 1.165) is 77.0 Å². The molecule has 0 spiro atoms. The Kier molecular flexibility index (Phi) is 41.7. The Bertz CT molecular complexity index is 915. The number of carbonyl (C=O) groups is 2. The second-order valence-electron chi connectivity index (χ2n) is 16.2. The molecule has 0 aliphatic heterocycles. The molecule has 0 aromatic rings. The number of carbonyl (C=O) groups excluding carboxylic acids is 2. The third-order valence-corrected chi connectivity index (χ3v) is 10.7. The van der Waals surface area contributed by atoms with Crippen molar-refractivity contribution < 1.29 is 24.5 Å². The number of allylic oxidation sites excluding steroid dienone is 6. The van der Waals surface area contributed by atoms with Crippen molar-refractivity contribution in [2.45, 2.75) is 257 Å². The van der Waals surface area contributed by atoms with Crippen LogP contribution in [-0.2, 0) is 14.3 Å². The molecule has 0 fully saturated rings. The summed E-state index contributed by atoms with van der Waals surface area (Å²) in [6.45, 7) is 6.40. The Labute approximate surface area is 341 Å².